The fourth-order valence-corrected chi connectivity index (χ4v) is 9.05. The van der Waals surface area contributed by atoms with E-state index in [1.54, 1.807) is 0 Å². The van der Waals surface area contributed by atoms with E-state index in [1.807, 2.05) is 6.07 Å². The first-order chi connectivity index (χ1) is 29.7. The quantitative estimate of drug-likeness (QED) is 0.169. The van der Waals surface area contributed by atoms with Crippen molar-refractivity contribution < 1.29 is 0 Å². The van der Waals surface area contributed by atoms with Crippen LogP contribution in [0.1, 0.15) is 0 Å². The van der Waals surface area contributed by atoms with Crippen LogP contribution < -0.4 is 0 Å². The Morgan fingerprint density at radius 1 is 0.267 bits per heavy atom. The normalized spacial score (nSPS) is 11.7. The Balaban J connectivity index is 1.04. The first-order valence-electron chi connectivity index (χ1n) is 20.4. The van der Waals surface area contributed by atoms with Crippen LogP contribution in [0.25, 0.3) is 111 Å². The van der Waals surface area contributed by atoms with Gasteiger partial charge in [-0.3, -0.25) is 0 Å². The first kappa shape index (κ1) is 34.0. The summed E-state index contributed by atoms with van der Waals surface area (Å²) in [6, 6.07) is 78.0. The molecule has 0 radical (unpaired) electrons. The van der Waals surface area contributed by atoms with Crippen molar-refractivity contribution in [2.24, 2.45) is 0 Å². The fourth-order valence-electron chi connectivity index (χ4n) is 9.05. The molecule has 0 unspecified atom stereocenters. The van der Waals surface area contributed by atoms with Gasteiger partial charge in [0.25, 0.3) is 0 Å². The molecule has 0 aliphatic rings. The van der Waals surface area contributed by atoms with E-state index in [0.29, 0.717) is 5.82 Å². The molecule has 0 aliphatic heterocycles. The predicted octanol–water partition coefficient (Wildman–Crippen LogP) is 14.5. The maximum absolute atomic E-state index is 5.26. The zero-order chi connectivity index (χ0) is 39.6. The van der Waals surface area contributed by atoms with Gasteiger partial charge in [-0.15, -0.1) is 0 Å². The van der Waals surface area contributed by atoms with Crippen LogP contribution in [-0.2, 0) is 0 Å². The molecule has 0 atom stereocenters. The van der Waals surface area contributed by atoms with Gasteiger partial charge >= 0.3 is 0 Å². The Morgan fingerprint density at radius 2 is 0.817 bits per heavy atom. The number of nitrogens with zero attached hydrogens (tertiary/aromatic N) is 4. The molecular weight excluding hydrogens is 729 g/mol. The van der Waals surface area contributed by atoms with Crippen LogP contribution in [0.3, 0.4) is 0 Å². The minimum absolute atomic E-state index is 0.691. The van der Waals surface area contributed by atoms with Crippen LogP contribution in [0.5, 0.6) is 0 Å². The highest BCUT2D eigenvalue weighted by Gasteiger charge is 2.19. The van der Waals surface area contributed by atoms with Gasteiger partial charge < -0.3 is 9.13 Å². The molecule has 4 heteroatoms. The zero-order valence-corrected chi connectivity index (χ0v) is 32.6. The highest BCUT2D eigenvalue weighted by Crippen LogP contribution is 2.40. The molecule has 9 aromatic carbocycles. The van der Waals surface area contributed by atoms with E-state index in [0.717, 1.165) is 55.8 Å². The number of rotatable bonds is 6. The minimum atomic E-state index is 0.691. The number of benzene rings is 9. The SMILES string of the molecule is c1ccc(-c2cccc(-c3cc(-c4ccccc4)nc(-c4ccc5ccc(-n6c7ccccc7c7cc8c9ccccc9n(-c9ccccc9)c8cc76)cc5c4)n3)c2)cc1. The van der Waals surface area contributed by atoms with Crippen LogP contribution in [0.4, 0.5) is 0 Å². The topological polar surface area (TPSA) is 35.6 Å². The second-order valence-electron chi connectivity index (χ2n) is 15.4. The maximum atomic E-state index is 5.26. The molecule has 280 valence electrons. The highest BCUT2D eigenvalue weighted by molar-refractivity contribution is 6.19. The van der Waals surface area contributed by atoms with E-state index in [4.69, 9.17) is 9.97 Å². The Kier molecular flexibility index (Phi) is 7.82. The standard InChI is InChI=1S/C56H36N4/c1-4-15-37(16-5-1)40-19-14-20-41(31-40)51-35-50(39-17-6-2-7-18-39)57-56(58-51)42-28-27-38-29-30-45(33-43(38)32-42)60-53-26-13-11-24-47(53)49-34-48-46-23-10-12-25-52(46)59(54(48)36-55(49)60)44-21-8-3-9-22-44/h1-36H. The monoisotopic (exact) mass is 764 g/mol. The molecule has 0 amide bonds. The van der Waals surface area contributed by atoms with Crippen molar-refractivity contribution in [3.63, 3.8) is 0 Å². The van der Waals surface area contributed by atoms with Crippen molar-refractivity contribution in [1.82, 2.24) is 19.1 Å². The molecule has 12 aromatic rings. The first-order valence-corrected chi connectivity index (χ1v) is 20.4. The molecule has 0 saturated carbocycles. The predicted molar refractivity (Wildman–Crippen MR) is 250 cm³/mol. The van der Waals surface area contributed by atoms with E-state index >= 15 is 0 Å². The third-order valence-electron chi connectivity index (χ3n) is 11.9. The van der Waals surface area contributed by atoms with E-state index in [1.165, 1.54) is 49.2 Å². The third kappa shape index (κ3) is 5.61. The Bertz CT molecular complexity index is 3580. The van der Waals surface area contributed by atoms with Crippen molar-refractivity contribution >= 4 is 54.4 Å². The average Bonchev–Trinajstić information content (AvgIpc) is 3.83. The lowest BCUT2D eigenvalue weighted by atomic mass is 10.0. The molecule has 3 aromatic heterocycles. The second-order valence-corrected chi connectivity index (χ2v) is 15.4. The van der Waals surface area contributed by atoms with Crippen LogP contribution in [0.15, 0.2) is 218 Å². The maximum Gasteiger partial charge on any atom is 0.160 e. The number of para-hydroxylation sites is 3. The summed E-state index contributed by atoms with van der Waals surface area (Å²) in [6.45, 7) is 0. The average molecular weight is 765 g/mol. The van der Waals surface area contributed by atoms with Gasteiger partial charge in [0.1, 0.15) is 0 Å². The molecule has 0 N–H and O–H groups in total. The van der Waals surface area contributed by atoms with Crippen LogP contribution in [0.2, 0.25) is 0 Å². The smallest absolute Gasteiger partial charge is 0.160 e. The lowest BCUT2D eigenvalue weighted by Crippen LogP contribution is -1.97. The number of hydrogen-bond acceptors (Lipinski definition) is 2. The molecule has 0 aliphatic carbocycles. The molecule has 0 saturated heterocycles. The molecule has 12 rings (SSSR count). The summed E-state index contributed by atoms with van der Waals surface area (Å²) in [6.07, 6.45) is 0. The molecule has 60 heavy (non-hydrogen) atoms. The van der Waals surface area contributed by atoms with Crippen molar-refractivity contribution in [3.8, 4) is 56.4 Å². The van der Waals surface area contributed by atoms with Crippen molar-refractivity contribution in [2.75, 3.05) is 0 Å². The van der Waals surface area contributed by atoms with Crippen LogP contribution in [0, 0.1) is 0 Å². The summed E-state index contributed by atoms with van der Waals surface area (Å²) in [5.41, 5.74) is 14.1. The van der Waals surface area contributed by atoms with E-state index in [-0.39, 0.29) is 0 Å². The Morgan fingerprint density at radius 3 is 1.52 bits per heavy atom. The van der Waals surface area contributed by atoms with Gasteiger partial charge in [0, 0.05) is 49.6 Å². The summed E-state index contributed by atoms with van der Waals surface area (Å²) in [4.78, 5) is 10.5. The van der Waals surface area contributed by atoms with Crippen LogP contribution in [-0.4, -0.2) is 19.1 Å². The van der Waals surface area contributed by atoms with Crippen molar-refractivity contribution in [2.45, 2.75) is 0 Å². The van der Waals surface area contributed by atoms with Gasteiger partial charge in [0.05, 0.1) is 33.5 Å². The summed E-state index contributed by atoms with van der Waals surface area (Å²) >= 11 is 0. The lowest BCUT2D eigenvalue weighted by molar-refractivity contribution is 1.17. The summed E-state index contributed by atoms with van der Waals surface area (Å²) in [5.74, 6) is 0.691. The zero-order valence-electron chi connectivity index (χ0n) is 32.6. The third-order valence-corrected chi connectivity index (χ3v) is 11.9. The highest BCUT2D eigenvalue weighted by atomic mass is 15.0. The van der Waals surface area contributed by atoms with E-state index < -0.39 is 0 Å². The minimum Gasteiger partial charge on any atom is -0.309 e. The van der Waals surface area contributed by atoms with Gasteiger partial charge in [-0.05, 0) is 88.6 Å². The van der Waals surface area contributed by atoms with Gasteiger partial charge in [-0.1, -0.05) is 152 Å². The number of fused-ring (bicyclic) bond motifs is 7. The fraction of sp³-hybridized carbons (Fsp3) is 0. The molecule has 0 bridgehead atoms. The summed E-state index contributed by atoms with van der Waals surface area (Å²) < 4.78 is 4.82. The van der Waals surface area contributed by atoms with Gasteiger partial charge in [-0.25, -0.2) is 9.97 Å². The molecule has 0 fully saturated rings. The Labute approximate surface area is 346 Å². The van der Waals surface area contributed by atoms with Crippen molar-refractivity contribution in [3.05, 3.63) is 218 Å². The number of hydrogen-bond donors (Lipinski definition) is 0. The molecule has 4 nitrogen and oxygen atoms in total. The molecule has 0 spiro atoms. The lowest BCUT2D eigenvalue weighted by Gasteiger charge is -2.12. The summed E-state index contributed by atoms with van der Waals surface area (Å²) in [7, 11) is 0. The molecular formula is C56H36N4. The van der Waals surface area contributed by atoms with E-state index in [9.17, 15) is 0 Å². The van der Waals surface area contributed by atoms with Crippen molar-refractivity contribution in [1.29, 1.82) is 0 Å². The second kappa shape index (κ2) is 13.8. The van der Waals surface area contributed by atoms with Gasteiger partial charge in [0.15, 0.2) is 5.82 Å². The Hall–Kier alpha value is -8.08. The van der Waals surface area contributed by atoms with Gasteiger partial charge in [0.2, 0.25) is 0 Å². The summed E-state index contributed by atoms with van der Waals surface area (Å²) in [5, 5.41) is 7.24. The molecule has 3 heterocycles. The number of aromatic nitrogens is 4. The van der Waals surface area contributed by atoms with Crippen LogP contribution >= 0.6 is 0 Å². The van der Waals surface area contributed by atoms with E-state index in [2.05, 4.69) is 221 Å². The van der Waals surface area contributed by atoms with Gasteiger partial charge in [-0.2, -0.15) is 0 Å². The largest absolute Gasteiger partial charge is 0.309 e.